The molecule has 1 aliphatic rings. The van der Waals surface area contributed by atoms with Gasteiger partial charge in [0.2, 0.25) is 0 Å². The van der Waals surface area contributed by atoms with Crippen LogP contribution in [0.2, 0.25) is 5.02 Å². The van der Waals surface area contributed by atoms with Gasteiger partial charge >= 0.3 is 5.69 Å². The summed E-state index contributed by atoms with van der Waals surface area (Å²) in [6, 6.07) is 4.55. The molecule has 6 nitrogen and oxygen atoms in total. The fourth-order valence-electron chi connectivity index (χ4n) is 3.90. The topological polar surface area (TPSA) is 69.8 Å². The average Bonchev–Trinajstić information content (AvgIpc) is 2.76. The summed E-state index contributed by atoms with van der Waals surface area (Å²) >= 11 is 7.41. The minimum Gasteiger partial charge on any atom is -0.280 e. The number of aryl methyl sites for hydroxylation is 1. The van der Waals surface area contributed by atoms with Gasteiger partial charge in [0.05, 0.1) is 0 Å². The largest absolute Gasteiger partial charge is 0.332 e. The zero-order chi connectivity index (χ0) is 21.4. The van der Waals surface area contributed by atoms with Crippen LogP contribution < -0.4 is 11.2 Å². The summed E-state index contributed by atoms with van der Waals surface area (Å²) in [7, 11) is 3.03. The number of rotatable bonds is 4. The molecule has 9 heteroatoms. The quantitative estimate of drug-likeness (QED) is 0.442. The van der Waals surface area contributed by atoms with E-state index >= 15 is 0 Å². The second-order valence-electron chi connectivity index (χ2n) is 7.62. The van der Waals surface area contributed by atoms with Gasteiger partial charge in [0.15, 0.2) is 5.65 Å². The highest BCUT2D eigenvalue weighted by molar-refractivity contribution is 7.98. The molecule has 1 aliphatic carbocycles. The van der Waals surface area contributed by atoms with Crippen LogP contribution in [0.15, 0.2) is 32.8 Å². The molecule has 3 aromatic rings. The standard InChI is InChI=1S/C21H22ClFN4O2S/c1-26-18-16(20(28)27(2)21(26)29)19(25-17(24-18)12-7-4-3-5-8-12)30-11-13-14(22)9-6-10-15(13)23/h6,9-10,12H,3-5,7-8,11H2,1-2H3. The molecule has 1 aromatic carbocycles. The van der Waals surface area contributed by atoms with E-state index in [1.165, 1.54) is 35.9 Å². The monoisotopic (exact) mass is 448 g/mol. The number of fused-ring (bicyclic) bond motifs is 1. The molecule has 4 rings (SSSR count). The number of nitrogens with zero attached hydrogens (tertiary/aromatic N) is 4. The molecule has 0 aliphatic heterocycles. The second kappa shape index (κ2) is 8.51. The number of hydrogen-bond acceptors (Lipinski definition) is 5. The van der Waals surface area contributed by atoms with Crippen molar-refractivity contribution >= 4 is 34.4 Å². The first kappa shape index (κ1) is 21.1. The Kier molecular flexibility index (Phi) is 5.97. The highest BCUT2D eigenvalue weighted by Gasteiger charge is 2.23. The number of hydrogen-bond donors (Lipinski definition) is 0. The Bertz CT molecular complexity index is 1210. The molecule has 2 heterocycles. The summed E-state index contributed by atoms with van der Waals surface area (Å²) in [5, 5.41) is 1.06. The molecule has 1 saturated carbocycles. The Morgan fingerprint density at radius 1 is 1.13 bits per heavy atom. The van der Waals surface area contributed by atoms with Crippen LogP contribution in [0.3, 0.4) is 0 Å². The van der Waals surface area contributed by atoms with E-state index in [0.29, 0.717) is 27.1 Å². The van der Waals surface area contributed by atoms with Crippen molar-refractivity contribution in [1.82, 2.24) is 19.1 Å². The first-order valence-electron chi connectivity index (χ1n) is 9.92. The summed E-state index contributed by atoms with van der Waals surface area (Å²) in [5.74, 6) is 0.653. The van der Waals surface area contributed by atoms with Crippen LogP contribution in [-0.2, 0) is 19.8 Å². The minimum absolute atomic E-state index is 0.193. The lowest BCUT2D eigenvalue weighted by molar-refractivity contribution is 0.427. The summed E-state index contributed by atoms with van der Waals surface area (Å²) < 4.78 is 16.7. The predicted molar refractivity (Wildman–Crippen MR) is 117 cm³/mol. The van der Waals surface area contributed by atoms with Crippen LogP contribution in [0.1, 0.15) is 49.4 Å². The zero-order valence-electron chi connectivity index (χ0n) is 16.8. The van der Waals surface area contributed by atoms with E-state index in [-0.39, 0.29) is 17.1 Å². The van der Waals surface area contributed by atoms with Gasteiger partial charge in [-0.25, -0.2) is 19.2 Å². The molecule has 0 N–H and O–H groups in total. The maximum atomic E-state index is 14.3. The lowest BCUT2D eigenvalue weighted by Gasteiger charge is -2.21. The van der Waals surface area contributed by atoms with Crippen molar-refractivity contribution in [2.45, 2.75) is 48.8 Å². The van der Waals surface area contributed by atoms with Gasteiger partial charge in [-0.15, -0.1) is 11.8 Å². The third kappa shape index (κ3) is 3.78. The van der Waals surface area contributed by atoms with E-state index in [2.05, 4.69) is 4.98 Å². The molecule has 0 spiro atoms. The average molecular weight is 449 g/mol. The SMILES string of the molecule is Cn1c(=O)c2c(SCc3c(F)cccc3Cl)nc(C3CCCCC3)nc2n(C)c1=O. The van der Waals surface area contributed by atoms with E-state index in [1.807, 2.05) is 0 Å². The van der Waals surface area contributed by atoms with E-state index < -0.39 is 17.1 Å². The van der Waals surface area contributed by atoms with E-state index in [9.17, 15) is 14.0 Å². The number of benzene rings is 1. The molecular weight excluding hydrogens is 427 g/mol. The van der Waals surface area contributed by atoms with Crippen LogP contribution in [-0.4, -0.2) is 19.1 Å². The first-order valence-corrected chi connectivity index (χ1v) is 11.3. The van der Waals surface area contributed by atoms with Crippen molar-refractivity contribution in [1.29, 1.82) is 0 Å². The molecule has 30 heavy (non-hydrogen) atoms. The molecule has 1 fully saturated rings. The van der Waals surface area contributed by atoms with Gasteiger partial charge in [-0.3, -0.25) is 13.9 Å². The lowest BCUT2D eigenvalue weighted by atomic mass is 9.89. The molecule has 0 atom stereocenters. The molecule has 0 bridgehead atoms. The third-order valence-corrected chi connectivity index (χ3v) is 7.03. The maximum Gasteiger partial charge on any atom is 0.332 e. The first-order chi connectivity index (χ1) is 14.4. The fourth-order valence-corrected chi connectivity index (χ4v) is 5.27. The smallest absolute Gasteiger partial charge is 0.280 e. The van der Waals surface area contributed by atoms with Gasteiger partial charge in [0, 0.05) is 36.4 Å². The van der Waals surface area contributed by atoms with Crippen molar-refractivity contribution in [2.24, 2.45) is 14.1 Å². The minimum atomic E-state index is -0.453. The van der Waals surface area contributed by atoms with Crippen LogP contribution in [0.5, 0.6) is 0 Å². The summed E-state index contributed by atoms with van der Waals surface area (Å²) in [6.45, 7) is 0. The van der Waals surface area contributed by atoms with Gasteiger partial charge in [-0.05, 0) is 25.0 Å². The Hall–Kier alpha value is -2.19. The van der Waals surface area contributed by atoms with E-state index in [0.717, 1.165) is 30.3 Å². The summed E-state index contributed by atoms with van der Waals surface area (Å²) in [5.41, 5.74) is -0.211. The van der Waals surface area contributed by atoms with Crippen molar-refractivity contribution < 1.29 is 4.39 Å². The van der Waals surface area contributed by atoms with Crippen LogP contribution in [0.4, 0.5) is 4.39 Å². The van der Waals surface area contributed by atoms with Gasteiger partial charge in [-0.2, -0.15) is 0 Å². The molecule has 0 amide bonds. The normalized spacial score (nSPS) is 15.1. The molecule has 0 saturated heterocycles. The molecule has 0 unspecified atom stereocenters. The number of aromatic nitrogens is 4. The van der Waals surface area contributed by atoms with Crippen molar-refractivity contribution in [2.75, 3.05) is 0 Å². The van der Waals surface area contributed by atoms with Gasteiger partial charge < -0.3 is 0 Å². The Morgan fingerprint density at radius 2 is 1.87 bits per heavy atom. The van der Waals surface area contributed by atoms with Crippen LogP contribution in [0, 0.1) is 5.82 Å². The maximum absolute atomic E-state index is 14.3. The summed E-state index contributed by atoms with van der Waals surface area (Å²) in [4.78, 5) is 34.7. The molecule has 158 valence electrons. The fraction of sp³-hybridized carbons (Fsp3) is 0.429. The number of halogens is 2. The second-order valence-corrected chi connectivity index (χ2v) is 8.99. The van der Waals surface area contributed by atoms with E-state index in [4.69, 9.17) is 16.6 Å². The van der Waals surface area contributed by atoms with Crippen molar-refractivity contribution in [3.8, 4) is 0 Å². The molecule has 2 aromatic heterocycles. The molecular formula is C21H22ClFN4O2S. The highest BCUT2D eigenvalue weighted by atomic mass is 35.5. The lowest BCUT2D eigenvalue weighted by Crippen LogP contribution is -2.38. The van der Waals surface area contributed by atoms with Gasteiger partial charge in [0.25, 0.3) is 5.56 Å². The van der Waals surface area contributed by atoms with Crippen LogP contribution in [0.25, 0.3) is 11.0 Å². The Morgan fingerprint density at radius 3 is 2.57 bits per heavy atom. The summed E-state index contributed by atoms with van der Waals surface area (Å²) in [6.07, 6.45) is 5.36. The predicted octanol–water partition coefficient (Wildman–Crippen LogP) is 4.16. The van der Waals surface area contributed by atoms with Crippen LogP contribution >= 0.6 is 23.4 Å². The van der Waals surface area contributed by atoms with Crippen molar-refractivity contribution in [3.63, 3.8) is 0 Å². The third-order valence-electron chi connectivity index (χ3n) is 5.67. The van der Waals surface area contributed by atoms with Gasteiger partial charge in [-0.1, -0.05) is 36.9 Å². The highest BCUT2D eigenvalue weighted by Crippen LogP contribution is 2.34. The van der Waals surface area contributed by atoms with Gasteiger partial charge in [0.1, 0.15) is 22.1 Å². The van der Waals surface area contributed by atoms with Crippen molar-refractivity contribution in [3.05, 3.63) is 61.3 Å². The molecule has 0 radical (unpaired) electrons. The van der Waals surface area contributed by atoms with E-state index in [1.54, 1.807) is 19.2 Å². The Balaban J connectivity index is 1.87. The Labute approximate surface area is 182 Å². The number of thioether (sulfide) groups is 1. The zero-order valence-corrected chi connectivity index (χ0v) is 18.4.